The molecule has 2 fully saturated rings. The predicted octanol–water partition coefficient (Wildman–Crippen LogP) is 2.49. The second-order valence-corrected chi connectivity index (χ2v) is 6.69. The monoisotopic (exact) mass is 302 g/mol. The quantitative estimate of drug-likeness (QED) is 0.933. The lowest BCUT2D eigenvalue weighted by atomic mass is 9.98. The summed E-state index contributed by atoms with van der Waals surface area (Å²) in [6.45, 7) is 3.31. The molecule has 3 rings (SSSR count). The van der Waals surface area contributed by atoms with E-state index in [0.717, 1.165) is 24.8 Å². The van der Waals surface area contributed by atoms with Gasteiger partial charge in [0.1, 0.15) is 6.10 Å². The summed E-state index contributed by atoms with van der Waals surface area (Å²) in [5, 5.41) is 0. The summed E-state index contributed by atoms with van der Waals surface area (Å²) in [6, 6.07) is 10.5. The molecule has 4 heteroatoms. The zero-order valence-electron chi connectivity index (χ0n) is 13.3. The van der Waals surface area contributed by atoms with Gasteiger partial charge in [0, 0.05) is 12.5 Å². The third kappa shape index (κ3) is 3.33. The van der Waals surface area contributed by atoms with Crippen LogP contribution in [-0.4, -0.2) is 36.0 Å². The van der Waals surface area contributed by atoms with Crippen LogP contribution in [0, 0.1) is 5.92 Å². The molecule has 22 heavy (non-hydrogen) atoms. The second-order valence-electron chi connectivity index (χ2n) is 6.69. The number of nitrogens with zero attached hydrogens (tertiary/aromatic N) is 1. The van der Waals surface area contributed by atoms with Crippen LogP contribution in [0.3, 0.4) is 0 Å². The Kier molecular flexibility index (Phi) is 4.79. The maximum absolute atomic E-state index is 12.7. The fourth-order valence-corrected chi connectivity index (χ4v) is 3.63. The van der Waals surface area contributed by atoms with Crippen LogP contribution in [0.25, 0.3) is 0 Å². The first-order chi connectivity index (χ1) is 10.6. The van der Waals surface area contributed by atoms with Gasteiger partial charge in [-0.1, -0.05) is 36.8 Å². The van der Waals surface area contributed by atoms with E-state index in [9.17, 15) is 4.79 Å². The SMILES string of the molecule is CC1COC(c2ccccc2)CN1C(=O)C[C@@H]1CCC[C@H]1N. The topological polar surface area (TPSA) is 55.6 Å². The third-order valence-corrected chi connectivity index (χ3v) is 5.08. The molecule has 1 aliphatic carbocycles. The van der Waals surface area contributed by atoms with Gasteiger partial charge >= 0.3 is 0 Å². The summed E-state index contributed by atoms with van der Waals surface area (Å²) >= 11 is 0. The van der Waals surface area contributed by atoms with E-state index in [1.807, 2.05) is 23.1 Å². The van der Waals surface area contributed by atoms with E-state index in [-0.39, 0.29) is 24.1 Å². The molecule has 4 nitrogen and oxygen atoms in total. The average Bonchev–Trinajstić information content (AvgIpc) is 2.93. The lowest BCUT2D eigenvalue weighted by Crippen LogP contribution is -2.49. The Morgan fingerprint density at radius 1 is 1.32 bits per heavy atom. The normalized spacial score (nSPS) is 32.2. The van der Waals surface area contributed by atoms with E-state index in [1.165, 1.54) is 0 Å². The standard InChI is InChI=1S/C18H26N2O2/c1-13-12-22-17(14-6-3-2-4-7-14)11-20(13)18(21)10-15-8-5-9-16(15)19/h2-4,6-7,13,15-17H,5,8-12,19H2,1H3/t13?,15-,16+,17?/m0/s1. The predicted molar refractivity (Wildman–Crippen MR) is 86.2 cm³/mol. The largest absolute Gasteiger partial charge is 0.370 e. The Labute approximate surface area is 132 Å². The van der Waals surface area contributed by atoms with Crippen molar-refractivity contribution < 1.29 is 9.53 Å². The lowest BCUT2D eigenvalue weighted by molar-refractivity contribution is -0.145. The molecule has 1 aromatic carbocycles. The van der Waals surface area contributed by atoms with Crippen LogP contribution in [0.15, 0.2) is 30.3 Å². The first kappa shape index (κ1) is 15.5. The van der Waals surface area contributed by atoms with Crippen molar-refractivity contribution in [3.8, 4) is 0 Å². The van der Waals surface area contributed by atoms with Crippen molar-refractivity contribution in [2.75, 3.05) is 13.2 Å². The molecule has 1 aromatic rings. The van der Waals surface area contributed by atoms with Crippen molar-refractivity contribution >= 4 is 5.91 Å². The minimum Gasteiger partial charge on any atom is -0.370 e. The van der Waals surface area contributed by atoms with Gasteiger partial charge in [0.2, 0.25) is 5.91 Å². The van der Waals surface area contributed by atoms with Crippen LogP contribution in [0.4, 0.5) is 0 Å². The van der Waals surface area contributed by atoms with Crippen molar-refractivity contribution in [3.63, 3.8) is 0 Å². The van der Waals surface area contributed by atoms with E-state index in [2.05, 4.69) is 19.1 Å². The minimum absolute atomic E-state index is 0.0152. The smallest absolute Gasteiger partial charge is 0.223 e. The summed E-state index contributed by atoms with van der Waals surface area (Å²) in [7, 11) is 0. The third-order valence-electron chi connectivity index (χ3n) is 5.08. The number of carbonyl (C=O) groups excluding carboxylic acids is 1. The van der Waals surface area contributed by atoms with Crippen LogP contribution in [0.1, 0.15) is 44.3 Å². The molecule has 0 radical (unpaired) electrons. The van der Waals surface area contributed by atoms with Crippen molar-refractivity contribution in [1.82, 2.24) is 4.90 Å². The van der Waals surface area contributed by atoms with E-state index in [1.54, 1.807) is 0 Å². The zero-order chi connectivity index (χ0) is 15.5. The molecule has 2 unspecified atom stereocenters. The molecule has 4 atom stereocenters. The molecule has 0 bridgehead atoms. The number of nitrogens with two attached hydrogens (primary N) is 1. The number of morpholine rings is 1. The van der Waals surface area contributed by atoms with Gasteiger partial charge in [-0.15, -0.1) is 0 Å². The Balaban J connectivity index is 1.65. The molecule has 1 saturated carbocycles. The number of amides is 1. The lowest BCUT2D eigenvalue weighted by Gasteiger charge is -2.39. The van der Waals surface area contributed by atoms with Gasteiger partial charge in [-0.25, -0.2) is 0 Å². The molecule has 0 spiro atoms. The number of hydrogen-bond donors (Lipinski definition) is 1. The molecule has 0 aromatic heterocycles. The highest BCUT2D eigenvalue weighted by atomic mass is 16.5. The van der Waals surface area contributed by atoms with Gasteiger partial charge in [-0.3, -0.25) is 4.79 Å². The number of benzene rings is 1. The molecule has 1 aliphatic heterocycles. The van der Waals surface area contributed by atoms with E-state index < -0.39 is 0 Å². The van der Waals surface area contributed by atoms with Crippen LogP contribution < -0.4 is 5.73 Å². The number of ether oxygens (including phenoxy) is 1. The summed E-state index contributed by atoms with van der Waals surface area (Å²) in [4.78, 5) is 14.7. The van der Waals surface area contributed by atoms with Crippen LogP contribution >= 0.6 is 0 Å². The van der Waals surface area contributed by atoms with Gasteiger partial charge in [0.25, 0.3) is 0 Å². The molecule has 1 saturated heterocycles. The van der Waals surface area contributed by atoms with E-state index in [0.29, 0.717) is 25.5 Å². The van der Waals surface area contributed by atoms with E-state index >= 15 is 0 Å². The van der Waals surface area contributed by atoms with Crippen molar-refractivity contribution in [2.45, 2.75) is 50.8 Å². The molecule has 1 amide bonds. The van der Waals surface area contributed by atoms with Gasteiger partial charge in [0.05, 0.1) is 19.2 Å². The minimum atomic E-state index is -0.0152. The number of rotatable bonds is 3. The molecule has 2 aliphatic rings. The molecule has 2 N–H and O–H groups in total. The highest BCUT2D eigenvalue weighted by Crippen LogP contribution is 2.30. The van der Waals surface area contributed by atoms with Gasteiger partial charge in [0.15, 0.2) is 0 Å². The van der Waals surface area contributed by atoms with Crippen molar-refractivity contribution in [2.24, 2.45) is 11.7 Å². The summed E-state index contributed by atoms with van der Waals surface area (Å²) < 4.78 is 5.93. The fourth-order valence-electron chi connectivity index (χ4n) is 3.63. The highest BCUT2D eigenvalue weighted by molar-refractivity contribution is 5.77. The molecule has 120 valence electrons. The molecular formula is C18H26N2O2. The maximum atomic E-state index is 12.7. The fraction of sp³-hybridized carbons (Fsp3) is 0.611. The zero-order valence-corrected chi connectivity index (χ0v) is 13.3. The summed E-state index contributed by atoms with van der Waals surface area (Å²) in [5.74, 6) is 0.594. The highest BCUT2D eigenvalue weighted by Gasteiger charge is 2.33. The first-order valence-corrected chi connectivity index (χ1v) is 8.36. The van der Waals surface area contributed by atoms with Gasteiger partial charge < -0.3 is 15.4 Å². The second kappa shape index (κ2) is 6.80. The Morgan fingerprint density at radius 3 is 2.77 bits per heavy atom. The first-order valence-electron chi connectivity index (χ1n) is 8.36. The summed E-state index contributed by atoms with van der Waals surface area (Å²) in [5.41, 5.74) is 7.26. The Hall–Kier alpha value is -1.39. The van der Waals surface area contributed by atoms with Crippen LogP contribution in [0.2, 0.25) is 0 Å². The number of hydrogen-bond acceptors (Lipinski definition) is 3. The van der Waals surface area contributed by atoms with Gasteiger partial charge in [-0.2, -0.15) is 0 Å². The van der Waals surface area contributed by atoms with Crippen LogP contribution in [-0.2, 0) is 9.53 Å². The molecular weight excluding hydrogens is 276 g/mol. The van der Waals surface area contributed by atoms with Crippen molar-refractivity contribution in [1.29, 1.82) is 0 Å². The Morgan fingerprint density at radius 2 is 2.09 bits per heavy atom. The average molecular weight is 302 g/mol. The number of carbonyl (C=O) groups is 1. The van der Waals surface area contributed by atoms with Crippen LogP contribution in [0.5, 0.6) is 0 Å². The molecule has 1 heterocycles. The maximum Gasteiger partial charge on any atom is 0.223 e. The van der Waals surface area contributed by atoms with E-state index in [4.69, 9.17) is 10.5 Å². The van der Waals surface area contributed by atoms with Gasteiger partial charge in [-0.05, 0) is 31.2 Å². The summed E-state index contributed by atoms with van der Waals surface area (Å²) in [6.07, 6.45) is 3.88. The Bertz CT molecular complexity index is 505. The van der Waals surface area contributed by atoms with Crippen molar-refractivity contribution in [3.05, 3.63) is 35.9 Å².